The molecule has 7 nitrogen and oxygen atoms in total. The fourth-order valence-electron chi connectivity index (χ4n) is 2.65. The molecule has 1 fully saturated rings. The van der Waals surface area contributed by atoms with E-state index in [9.17, 15) is 4.79 Å². The van der Waals surface area contributed by atoms with Crippen LogP contribution in [0.25, 0.3) is 0 Å². The van der Waals surface area contributed by atoms with Gasteiger partial charge in [-0.15, -0.1) is 16.4 Å². The van der Waals surface area contributed by atoms with E-state index >= 15 is 0 Å². The molecule has 0 bridgehead atoms. The summed E-state index contributed by atoms with van der Waals surface area (Å²) in [5, 5.41) is 14.2. The summed E-state index contributed by atoms with van der Waals surface area (Å²) in [4.78, 5) is 19.0. The predicted octanol–water partition coefficient (Wildman–Crippen LogP) is 1.66. The number of hydrogen-bond acceptors (Lipinski definition) is 6. The Hall–Kier alpha value is -1.83. The number of likely N-dealkylation sites (tertiary alicyclic amines) is 1. The molecular formula is C14H20N6OS. The summed E-state index contributed by atoms with van der Waals surface area (Å²) in [6.45, 7) is 6.06. The highest BCUT2D eigenvalue weighted by atomic mass is 32.1. The molecule has 1 aliphatic heterocycles. The minimum absolute atomic E-state index is 0.0673. The molecule has 3 rings (SSSR count). The number of amides is 1. The summed E-state index contributed by atoms with van der Waals surface area (Å²) in [6, 6.07) is 0. The van der Waals surface area contributed by atoms with Crippen molar-refractivity contribution in [1.29, 1.82) is 0 Å². The minimum atomic E-state index is 0.0673. The quantitative estimate of drug-likeness (QED) is 0.856. The van der Waals surface area contributed by atoms with Crippen LogP contribution < -0.4 is 0 Å². The molecule has 2 aromatic rings. The Labute approximate surface area is 133 Å². The number of hydrogen-bond donors (Lipinski definition) is 0. The lowest BCUT2D eigenvalue weighted by Gasteiger charge is -2.31. The maximum Gasteiger partial charge on any atom is 0.244 e. The van der Waals surface area contributed by atoms with E-state index in [1.807, 2.05) is 4.90 Å². The van der Waals surface area contributed by atoms with Gasteiger partial charge in [-0.1, -0.05) is 13.8 Å². The Morgan fingerprint density at radius 2 is 2.36 bits per heavy atom. The van der Waals surface area contributed by atoms with Gasteiger partial charge in [0.15, 0.2) is 0 Å². The first-order chi connectivity index (χ1) is 10.6. The molecule has 8 heteroatoms. The van der Waals surface area contributed by atoms with Crippen LogP contribution in [0, 0.1) is 0 Å². The standard InChI is InChI=1S/C14H20N6OS/c1-10(2)12-8-22-14(16-12)11-4-3-5-19(6-11)13(21)7-20-9-15-17-18-20/h8-11H,3-7H2,1-2H3/t11-/m0/s1. The van der Waals surface area contributed by atoms with E-state index < -0.39 is 0 Å². The van der Waals surface area contributed by atoms with Crippen molar-refractivity contribution >= 4 is 17.2 Å². The third-order valence-corrected chi connectivity index (χ3v) is 4.97. The summed E-state index contributed by atoms with van der Waals surface area (Å²) in [5.74, 6) is 0.868. The Morgan fingerprint density at radius 3 is 3.05 bits per heavy atom. The average molecular weight is 320 g/mol. The topological polar surface area (TPSA) is 76.8 Å². The summed E-state index contributed by atoms with van der Waals surface area (Å²) in [6.07, 6.45) is 3.58. The van der Waals surface area contributed by atoms with Crippen molar-refractivity contribution in [3.8, 4) is 0 Å². The maximum absolute atomic E-state index is 12.3. The van der Waals surface area contributed by atoms with Gasteiger partial charge in [0.2, 0.25) is 5.91 Å². The average Bonchev–Trinajstić information content (AvgIpc) is 3.18. The van der Waals surface area contributed by atoms with Crippen molar-refractivity contribution in [3.05, 3.63) is 22.4 Å². The number of carbonyl (C=O) groups is 1. The molecule has 1 saturated heterocycles. The van der Waals surface area contributed by atoms with Gasteiger partial charge in [0.25, 0.3) is 0 Å². The number of aromatic nitrogens is 5. The molecule has 0 unspecified atom stereocenters. The van der Waals surface area contributed by atoms with Crippen LogP contribution in [0.5, 0.6) is 0 Å². The molecule has 0 saturated carbocycles. The first-order valence-corrected chi connectivity index (χ1v) is 8.45. The number of piperidine rings is 1. The van der Waals surface area contributed by atoms with Gasteiger partial charge in [-0.25, -0.2) is 9.67 Å². The molecule has 0 aromatic carbocycles. The van der Waals surface area contributed by atoms with Gasteiger partial charge in [0.1, 0.15) is 12.9 Å². The second-order valence-corrected chi connectivity index (χ2v) is 6.84. The van der Waals surface area contributed by atoms with E-state index in [1.165, 1.54) is 11.0 Å². The SMILES string of the molecule is CC(C)c1csc([C@H]2CCCN(C(=O)Cn3cnnn3)C2)n1. The predicted molar refractivity (Wildman–Crippen MR) is 82.6 cm³/mol. The van der Waals surface area contributed by atoms with E-state index in [4.69, 9.17) is 4.98 Å². The van der Waals surface area contributed by atoms with Gasteiger partial charge in [0.05, 0.1) is 10.7 Å². The van der Waals surface area contributed by atoms with Crippen LogP contribution in [0.1, 0.15) is 49.2 Å². The fraction of sp³-hybridized carbons (Fsp3) is 0.643. The largest absolute Gasteiger partial charge is 0.340 e. The van der Waals surface area contributed by atoms with Gasteiger partial charge in [-0.2, -0.15) is 0 Å². The summed E-state index contributed by atoms with van der Waals surface area (Å²) >= 11 is 1.72. The van der Waals surface area contributed by atoms with E-state index in [0.717, 1.165) is 36.6 Å². The van der Waals surface area contributed by atoms with Gasteiger partial charge < -0.3 is 4.90 Å². The van der Waals surface area contributed by atoms with Gasteiger partial charge >= 0.3 is 0 Å². The van der Waals surface area contributed by atoms with Crippen molar-refractivity contribution in [2.24, 2.45) is 0 Å². The summed E-state index contributed by atoms with van der Waals surface area (Å²) in [7, 11) is 0. The van der Waals surface area contributed by atoms with E-state index in [0.29, 0.717) is 11.8 Å². The van der Waals surface area contributed by atoms with Crippen LogP contribution in [0.2, 0.25) is 0 Å². The fourth-order valence-corrected chi connectivity index (χ4v) is 3.76. The number of carbonyl (C=O) groups excluding carboxylic acids is 1. The zero-order chi connectivity index (χ0) is 15.5. The zero-order valence-electron chi connectivity index (χ0n) is 12.8. The third kappa shape index (κ3) is 3.32. The molecule has 0 aliphatic carbocycles. The monoisotopic (exact) mass is 320 g/mol. The Bertz CT molecular complexity index is 623. The van der Waals surface area contributed by atoms with E-state index in [1.54, 1.807) is 11.3 Å². The second kappa shape index (κ2) is 6.51. The highest BCUT2D eigenvalue weighted by Crippen LogP contribution is 2.30. The molecule has 1 aliphatic rings. The van der Waals surface area contributed by atoms with Gasteiger partial charge in [-0.3, -0.25) is 4.79 Å². The number of rotatable bonds is 4. The second-order valence-electron chi connectivity index (χ2n) is 5.95. The minimum Gasteiger partial charge on any atom is -0.340 e. The van der Waals surface area contributed by atoms with Crippen LogP contribution in [-0.4, -0.2) is 49.1 Å². The zero-order valence-corrected chi connectivity index (χ0v) is 13.7. The third-order valence-electron chi connectivity index (χ3n) is 3.94. The maximum atomic E-state index is 12.3. The molecule has 2 aromatic heterocycles. The van der Waals surface area contributed by atoms with Crippen LogP contribution in [0.4, 0.5) is 0 Å². The smallest absolute Gasteiger partial charge is 0.244 e. The lowest BCUT2D eigenvalue weighted by atomic mass is 9.98. The lowest BCUT2D eigenvalue weighted by molar-refractivity contribution is -0.133. The van der Waals surface area contributed by atoms with Crippen LogP contribution in [-0.2, 0) is 11.3 Å². The van der Waals surface area contributed by atoms with Gasteiger partial charge in [-0.05, 0) is 29.2 Å². The first-order valence-electron chi connectivity index (χ1n) is 7.57. The van der Waals surface area contributed by atoms with Crippen LogP contribution in [0.3, 0.4) is 0 Å². The molecule has 3 heterocycles. The van der Waals surface area contributed by atoms with Gasteiger partial charge in [0, 0.05) is 24.4 Å². The number of thiazole rings is 1. The highest BCUT2D eigenvalue weighted by Gasteiger charge is 2.27. The van der Waals surface area contributed by atoms with E-state index in [-0.39, 0.29) is 12.5 Å². The molecule has 0 spiro atoms. The molecule has 118 valence electrons. The molecule has 22 heavy (non-hydrogen) atoms. The van der Waals surface area contributed by atoms with Crippen LogP contribution >= 0.6 is 11.3 Å². The lowest BCUT2D eigenvalue weighted by Crippen LogP contribution is -2.40. The molecule has 0 radical (unpaired) electrons. The van der Waals surface area contributed by atoms with Crippen molar-refractivity contribution in [3.63, 3.8) is 0 Å². The molecule has 1 amide bonds. The Balaban J connectivity index is 1.64. The summed E-state index contributed by atoms with van der Waals surface area (Å²) < 4.78 is 1.46. The van der Waals surface area contributed by atoms with Crippen molar-refractivity contribution in [2.45, 2.75) is 45.1 Å². The summed E-state index contributed by atoms with van der Waals surface area (Å²) in [5.41, 5.74) is 1.15. The van der Waals surface area contributed by atoms with Crippen LogP contribution in [0.15, 0.2) is 11.7 Å². The molecular weight excluding hydrogens is 300 g/mol. The number of nitrogens with zero attached hydrogens (tertiary/aromatic N) is 6. The number of tetrazole rings is 1. The van der Waals surface area contributed by atoms with E-state index in [2.05, 4.69) is 34.8 Å². The highest BCUT2D eigenvalue weighted by molar-refractivity contribution is 7.09. The first kappa shape index (κ1) is 15.1. The molecule has 1 atom stereocenters. The Kier molecular flexibility index (Phi) is 4.47. The van der Waals surface area contributed by atoms with Crippen molar-refractivity contribution in [1.82, 2.24) is 30.1 Å². The van der Waals surface area contributed by atoms with Crippen molar-refractivity contribution < 1.29 is 4.79 Å². The molecule has 0 N–H and O–H groups in total. The normalized spacial score (nSPS) is 18.9. The Morgan fingerprint density at radius 1 is 1.50 bits per heavy atom. The van der Waals surface area contributed by atoms with Crippen molar-refractivity contribution in [2.75, 3.05) is 13.1 Å².